The highest BCUT2D eigenvalue weighted by atomic mass is 32.1. The van der Waals surface area contributed by atoms with Crippen LogP contribution in [0.2, 0.25) is 0 Å². The van der Waals surface area contributed by atoms with Crippen LogP contribution in [0.4, 0.5) is 5.82 Å². The minimum atomic E-state index is 0.697. The standard InChI is InChI=1S/C18H26N4S/c1-11-7-12(2)9-22(8-11)10-15-20-17(19)16-13-5-3-4-6-14(13)23-18(16)21-15/h11-12H,3-10H2,1-2H3,(H2,19,20,21). The average Bonchev–Trinajstić information content (AvgIpc) is 2.84. The van der Waals surface area contributed by atoms with Gasteiger partial charge in [-0.3, -0.25) is 4.90 Å². The van der Waals surface area contributed by atoms with Gasteiger partial charge in [0.05, 0.1) is 11.9 Å². The summed E-state index contributed by atoms with van der Waals surface area (Å²) in [4.78, 5) is 14.6. The number of aryl methyl sites for hydroxylation is 2. The van der Waals surface area contributed by atoms with Crippen LogP contribution < -0.4 is 5.73 Å². The van der Waals surface area contributed by atoms with Gasteiger partial charge in [-0.15, -0.1) is 11.3 Å². The molecule has 1 fully saturated rings. The van der Waals surface area contributed by atoms with E-state index >= 15 is 0 Å². The molecule has 2 N–H and O–H groups in total. The Hall–Kier alpha value is -1.20. The summed E-state index contributed by atoms with van der Waals surface area (Å²) < 4.78 is 0. The van der Waals surface area contributed by atoms with Crippen LogP contribution in [0.15, 0.2) is 0 Å². The highest BCUT2D eigenvalue weighted by Gasteiger charge is 2.24. The molecular formula is C18H26N4S. The van der Waals surface area contributed by atoms with Crippen molar-refractivity contribution in [3.63, 3.8) is 0 Å². The highest BCUT2D eigenvalue weighted by Crippen LogP contribution is 2.37. The molecule has 0 amide bonds. The fourth-order valence-electron chi connectivity index (χ4n) is 4.42. The lowest BCUT2D eigenvalue weighted by Crippen LogP contribution is -2.38. The van der Waals surface area contributed by atoms with E-state index in [0.29, 0.717) is 5.82 Å². The number of likely N-dealkylation sites (tertiary alicyclic amines) is 1. The maximum Gasteiger partial charge on any atom is 0.146 e. The first-order valence-corrected chi connectivity index (χ1v) is 9.70. The van der Waals surface area contributed by atoms with Crippen molar-refractivity contribution < 1.29 is 0 Å². The van der Waals surface area contributed by atoms with E-state index in [2.05, 4.69) is 23.7 Å². The zero-order valence-electron chi connectivity index (χ0n) is 14.1. The first-order valence-electron chi connectivity index (χ1n) is 8.89. The lowest BCUT2D eigenvalue weighted by atomic mass is 9.92. The van der Waals surface area contributed by atoms with Crippen molar-refractivity contribution in [1.82, 2.24) is 14.9 Å². The highest BCUT2D eigenvalue weighted by molar-refractivity contribution is 7.19. The van der Waals surface area contributed by atoms with Crippen LogP contribution >= 0.6 is 11.3 Å². The van der Waals surface area contributed by atoms with Crippen LogP contribution in [0.5, 0.6) is 0 Å². The molecular weight excluding hydrogens is 304 g/mol. The van der Waals surface area contributed by atoms with Gasteiger partial charge in [-0.05, 0) is 49.5 Å². The summed E-state index contributed by atoms with van der Waals surface area (Å²) in [6.07, 6.45) is 6.22. The van der Waals surface area contributed by atoms with Crippen LogP contribution in [0.25, 0.3) is 10.2 Å². The van der Waals surface area contributed by atoms with Gasteiger partial charge in [-0.2, -0.15) is 0 Å². The van der Waals surface area contributed by atoms with Crippen LogP contribution in [0.3, 0.4) is 0 Å². The molecule has 1 saturated heterocycles. The van der Waals surface area contributed by atoms with Gasteiger partial charge in [0.1, 0.15) is 16.5 Å². The topological polar surface area (TPSA) is 55.0 Å². The van der Waals surface area contributed by atoms with E-state index in [1.54, 1.807) is 0 Å². The van der Waals surface area contributed by atoms with E-state index in [1.807, 2.05) is 11.3 Å². The number of rotatable bonds is 2. The summed E-state index contributed by atoms with van der Waals surface area (Å²) in [5, 5.41) is 1.15. The van der Waals surface area contributed by atoms with Crippen molar-refractivity contribution in [3.05, 3.63) is 16.3 Å². The minimum absolute atomic E-state index is 0.697. The Morgan fingerprint density at radius 1 is 1.13 bits per heavy atom. The van der Waals surface area contributed by atoms with Crippen molar-refractivity contribution in [2.24, 2.45) is 11.8 Å². The predicted molar refractivity (Wildman–Crippen MR) is 96.7 cm³/mol. The molecule has 2 atom stereocenters. The third kappa shape index (κ3) is 2.96. The molecule has 4 nitrogen and oxygen atoms in total. The molecule has 0 spiro atoms. The Morgan fingerprint density at radius 3 is 2.65 bits per heavy atom. The van der Waals surface area contributed by atoms with Crippen molar-refractivity contribution >= 4 is 27.4 Å². The van der Waals surface area contributed by atoms with Crippen molar-refractivity contribution in [2.75, 3.05) is 18.8 Å². The first kappa shape index (κ1) is 15.3. The molecule has 2 aromatic rings. The monoisotopic (exact) mass is 330 g/mol. The molecule has 0 aromatic carbocycles. The molecule has 0 radical (unpaired) electrons. The Labute approximate surface area is 142 Å². The molecule has 1 aliphatic carbocycles. The first-order chi connectivity index (χ1) is 11.1. The van der Waals surface area contributed by atoms with Crippen LogP contribution in [-0.4, -0.2) is 28.0 Å². The second-order valence-corrected chi connectivity index (χ2v) is 8.64. The summed E-state index contributed by atoms with van der Waals surface area (Å²) in [5.74, 6) is 3.11. The fraction of sp³-hybridized carbons (Fsp3) is 0.667. The van der Waals surface area contributed by atoms with Crippen LogP contribution in [-0.2, 0) is 19.4 Å². The number of nitrogens with two attached hydrogens (primary N) is 1. The van der Waals surface area contributed by atoms with E-state index in [-0.39, 0.29) is 0 Å². The number of fused-ring (bicyclic) bond motifs is 3. The molecule has 2 aromatic heterocycles. The zero-order valence-corrected chi connectivity index (χ0v) is 15.0. The van der Waals surface area contributed by atoms with E-state index in [1.165, 1.54) is 36.1 Å². The van der Waals surface area contributed by atoms with E-state index in [0.717, 1.165) is 53.9 Å². The molecule has 0 bridgehead atoms. The average molecular weight is 331 g/mol. The van der Waals surface area contributed by atoms with Crippen molar-refractivity contribution in [3.8, 4) is 0 Å². The molecule has 3 heterocycles. The zero-order chi connectivity index (χ0) is 16.0. The third-order valence-corrected chi connectivity index (χ3v) is 6.38. The fourth-order valence-corrected chi connectivity index (χ4v) is 5.71. The third-order valence-electron chi connectivity index (χ3n) is 5.20. The van der Waals surface area contributed by atoms with Gasteiger partial charge in [-0.1, -0.05) is 13.8 Å². The Kier molecular flexibility index (Phi) is 4.01. The molecule has 23 heavy (non-hydrogen) atoms. The predicted octanol–water partition coefficient (Wildman–Crippen LogP) is 3.63. The number of nitrogen functional groups attached to an aromatic ring is 1. The van der Waals surface area contributed by atoms with Gasteiger partial charge in [0.15, 0.2) is 0 Å². The second kappa shape index (κ2) is 6.02. The van der Waals surface area contributed by atoms with Crippen LogP contribution in [0, 0.1) is 11.8 Å². The lowest BCUT2D eigenvalue weighted by Gasteiger charge is -2.34. The van der Waals surface area contributed by atoms with Gasteiger partial charge in [-0.25, -0.2) is 9.97 Å². The van der Waals surface area contributed by atoms with Gasteiger partial charge in [0.2, 0.25) is 0 Å². The summed E-state index contributed by atoms with van der Waals surface area (Å²) in [6.45, 7) is 7.80. The number of piperidine rings is 1. The molecule has 4 rings (SSSR count). The lowest BCUT2D eigenvalue weighted by molar-refractivity contribution is 0.131. The number of anilines is 1. The summed E-state index contributed by atoms with van der Waals surface area (Å²) in [6, 6.07) is 0. The van der Waals surface area contributed by atoms with Gasteiger partial charge < -0.3 is 5.73 Å². The smallest absolute Gasteiger partial charge is 0.146 e. The van der Waals surface area contributed by atoms with Crippen molar-refractivity contribution in [2.45, 2.75) is 52.5 Å². The quantitative estimate of drug-likeness (QED) is 0.913. The number of aromatic nitrogens is 2. The number of nitrogens with zero attached hydrogens (tertiary/aromatic N) is 3. The van der Waals surface area contributed by atoms with E-state index in [9.17, 15) is 0 Å². The van der Waals surface area contributed by atoms with Gasteiger partial charge >= 0.3 is 0 Å². The van der Waals surface area contributed by atoms with Crippen molar-refractivity contribution in [1.29, 1.82) is 0 Å². The summed E-state index contributed by atoms with van der Waals surface area (Å²) >= 11 is 1.84. The van der Waals surface area contributed by atoms with Gasteiger partial charge in [0.25, 0.3) is 0 Å². The van der Waals surface area contributed by atoms with Crippen LogP contribution in [0.1, 0.15) is 49.4 Å². The molecule has 2 unspecified atom stereocenters. The molecule has 124 valence electrons. The van der Waals surface area contributed by atoms with E-state index < -0.39 is 0 Å². The Morgan fingerprint density at radius 2 is 1.87 bits per heavy atom. The number of hydrogen-bond acceptors (Lipinski definition) is 5. The Bertz CT molecular complexity index is 713. The maximum absolute atomic E-state index is 6.32. The van der Waals surface area contributed by atoms with E-state index in [4.69, 9.17) is 10.7 Å². The Balaban J connectivity index is 1.63. The molecule has 0 saturated carbocycles. The largest absolute Gasteiger partial charge is 0.383 e. The normalized spacial score (nSPS) is 25.7. The SMILES string of the molecule is CC1CC(C)CN(Cc2nc(N)c3c4c(sc3n2)CCCC4)C1. The number of hydrogen-bond donors (Lipinski definition) is 1. The maximum atomic E-state index is 6.32. The summed E-state index contributed by atoms with van der Waals surface area (Å²) in [5.41, 5.74) is 7.75. The van der Waals surface area contributed by atoms with Gasteiger partial charge in [0, 0.05) is 18.0 Å². The molecule has 2 aliphatic rings. The molecule has 1 aliphatic heterocycles. The second-order valence-electron chi connectivity index (χ2n) is 7.56. The minimum Gasteiger partial charge on any atom is -0.383 e. The molecule has 5 heteroatoms. The number of thiophene rings is 1. The summed E-state index contributed by atoms with van der Waals surface area (Å²) in [7, 11) is 0.